The second-order valence-electron chi connectivity index (χ2n) is 27.4. The van der Waals surface area contributed by atoms with Crippen LogP contribution in [0.25, 0.3) is 76.2 Å². The molecule has 0 fully saturated rings. The first-order valence-electron chi connectivity index (χ1n) is 37.5. The van der Waals surface area contributed by atoms with E-state index in [0.29, 0.717) is 59.7 Å². The van der Waals surface area contributed by atoms with Gasteiger partial charge in [-0.15, -0.1) is 0 Å². The fourth-order valence-corrected chi connectivity index (χ4v) is 17.9. The van der Waals surface area contributed by atoms with Crippen molar-refractivity contribution in [3.8, 4) is 0 Å². The summed E-state index contributed by atoms with van der Waals surface area (Å²) in [5.74, 6) is -0.791. The molecule has 20 nitrogen and oxygen atoms in total. The van der Waals surface area contributed by atoms with Crippen molar-refractivity contribution in [1.82, 2.24) is 32.7 Å². The summed E-state index contributed by atoms with van der Waals surface area (Å²) in [5, 5.41) is 14.8. The summed E-state index contributed by atoms with van der Waals surface area (Å²) in [4.78, 5) is 45.4. The van der Waals surface area contributed by atoms with Crippen molar-refractivity contribution in [2.75, 3.05) is 90.5 Å². The number of nitrogens with one attached hydrogen (secondary N) is 2. The van der Waals surface area contributed by atoms with Gasteiger partial charge < -0.3 is 104 Å². The average Bonchev–Trinajstić information content (AvgIpc) is 1.25. The maximum atomic E-state index is 13.0. The lowest BCUT2D eigenvalue weighted by molar-refractivity contribution is -0.883. The highest BCUT2D eigenvalue weighted by Gasteiger charge is 2.40. The predicted molar refractivity (Wildman–Crippen MR) is 521 cm³/mol. The molecule has 14 aromatic rings. The quantitative estimate of drug-likeness (QED) is 0.0186. The monoisotopic (exact) mass is 2140 g/mol. The normalized spacial score (nSPS) is 11.3. The first-order valence-corrected chi connectivity index (χ1v) is 48.5. The number of aromatic amines is 1. The van der Waals surface area contributed by atoms with Crippen LogP contribution in [0.1, 0.15) is 62.5 Å². The molecule has 0 bridgehead atoms. The third kappa shape index (κ3) is 31.2. The van der Waals surface area contributed by atoms with Crippen LogP contribution in [0, 0.1) is 0 Å². The van der Waals surface area contributed by atoms with Gasteiger partial charge in [0.05, 0.1) is 80.4 Å². The maximum absolute atomic E-state index is 13.0. The number of benzene rings is 8. The van der Waals surface area contributed by atoms with Crippen LogP contribution in [0.5, 0.6) is 0 Å². The number of fused-ring (bicyclic) bond motifs is 7. The highest BCUT2D eigenvalue weighted by atomic mass is 127. The molecule has 0 aliphatic rings. The van der Waals surface area contributed by atoms with Crippen molar-refractivity contribution in [2.45, 2.75) is 59.5 Å². The van der Waals surface area contributed by atoms with Crippen LogP contribution >= 0.6 is 139 Å². The fourth-order valence-electron chi connectivity index (χ4n) is 12.8. The highest BCUT2D eigenvalue weighted by Crippen LogP contribution is 2.55. The number of H-pyrrole nitrogens is 1. The summed E-state index contributed by atoms with van der Waals surface area (Å²) in [5.41, 5.74) is 8.81. The zero-order valence-electron chi connectivity index (χ0n) is 70.5. The summed E-state index contributed by atoms with van der Waals surface area (Å²) in [7, 11) is 13.1. The van der Waals surface area contributed by atoms with Crippen LogP contribution in [0.15, 0.2) is 206 Å². The Bertz CT molecular complexity index is 5590. The van der Waals surface area contributed by atoms with Crippen molar-refractivity contribution in [3.05, 3.63) is 253 Å². The minimum Gasteiger partial charge on any atom is -1.00 e. The van der Waals surface area contributed by atoms with Gasteiger partial charge in [-0.3, -0.25) is 13.9 Å². The van der Waals surface area contributed by atoms with Crippen LogP contribution in [0.2, 0.25) is 30.1 Å². The molecule has 1 atom stereocenters. The van der Waals surface area contributed by atoms with Crippen molar-refractivity contribution in [1.29, 1.82) is 0 Å². The van der Waals surface area contributed by atoms with Crippen molar-refractivity contribution < 1.29 is 74.8 Å². The number of nitrogens with zero attached hydrogens (tertiary/aromatic N) is 8. The molecule has 119 heavy (non-hydrogen) atoms. The molecule has 4 N–H and O–H groups in total. The molecule has 6 heterocycles. The number of carbonyl (C=O) groups excluding carboxylic acids is 1. The molecule has 646 valence electrons. The third-order valence-corrected chi connectivity index (χ3v) is 23.8. The predicted octanol–water partition coefficient (Wildman–Crippen LogP) is 22.8. The van der Waals surface area contributed by atoms with Gasteiger partial charge in [-0.05, 0) is 184 Å². The smallest absolute Gasteiger partial charge is 0.342 e. The molecule has 6 aromatic heterocycles. The van der Waals surface area contributed by atoms with Crippen molar-refractivity contribution in [2.24, 2.45) is 40.2 Å². The Labute approximate surface area is 776 Å². The molecule has 8 aromatic carbocycles. The SMILES string of the molecule is C=NC.CCOP(=O)(Cc1cn(C)c2cccc(Cl)c12)OCC.CCOP(OCC)OCC.CI.CI.CN(C)Cc1cn(C)c2cccc(Cl)c12.Clc1cccc2[nH]ccc12.Cn1cc(C(C(=O)Nc2ccc3ccccc3c2)P(=O)(O)O)c2c(Cl)cccc21.Cn1cc(C[N+](C)(C)C)c2c(Cl)cccc21.Cn1ccc2c(Cl)cccc21.[I-]. The summed E-state index contributed by atoms with van der Waals surface area (Å²) in [6.45, 7) is 17.1. The van der Waals surface area contributed by atoms with E-state index >= 15 is 0 Å². The number of carbonyl (C=O) groups is 1. The summed E-state index contributed by atoms with van der Waals surface area (Å²) in [6.07, 6.45) is 11.9. The Hall–Kier alpha value is -5.14. The molecule has 32 heteroatoms. The van der Waals surface area contributed by atoms with E-state index < -0.39 is 35.4 Å². The van der Waals surface area contributed by atoms with Gasteiger partial charge >= 0.3 is 23.8 Å². The molecule has 1 amide bonds. The Morgan fingerprint density at radius 2 is 0.950 bits per heavy atom. The van der Waals surface area contributed by atoms with Gasteiger partial charge in [0, 0.05) is 178 Å². The second-order valence-corrected chi connectivity index (χ2v) is 34.8. The van der Waals surface area contributed by atoms with Gasteiger partial charge in [0.25, 0.3) is 0 Å². The molecule has 14 rings (SSSR count). The number of aliphatic imine (C=N–C) groups is 1. The van der Waals surface area contributed by atoms with Crippen LogP contribution in [-0.4, -0.2) is 145 Å². The maximum Gasteiger partial charge on any atom is 0.342 e. The van der Waals surface area contributed by atoms with E-state index in [2.05, 4.69) is 166 Å². The molecule has 0 saturated carbocycles. The number of amides is 1. The van der Waals surface area contributed by atoms with E-state index in [1.54, 1.807) is 55.2 Å². The first-order chi connectivity index (χ1) is 56.2. The highest BCUT2D eigenvalue weighted by molar-refractivity contribution is 14.1. The summed E-state index contributed by atoms with van der Waals surface area (Å²) >= 11 is 41.2. The Balaban J connectivity index is 0.000000297. The number of hydrogen-bond acceptors (Lipinski definition) is 10. The van der Waals surface area contributed by atoms with Crippen LogP contribution < -0.4 is 29.3 Å². The average molecular weight is 2140 g/mol. The van der Waals surface area contributed by atoms with Gasteiger partial charge in [-0.1, -0.05) is 182 Å². The first kappa shape index (κ1) is 106. The topological polar surface area (TPSA) is 206 Å². The molecule has 0 aliphatic heterocycles. The number of halogens is 9. The lowest BCUT2D eigenvalue weighted by atomic mass is 10.1. The van der Waals surface area contributed by atoms with Gasteiger partial charge in [0.2, 0.25) is 5.91 Å². The van der Waals surface area contributed by atoms with Crippen LogP contribution in [-0.2, 0) is 91.0 Å². The number of aryl methyl sites for hydroxylation is 5. The number of quaternary nitrogens is 1. The van der Waals surface area contributed by atoms with Gasteiger partial charge in [-0.2, -0.15) is 0 Å². The zero-order chi connectivity index (χ0) is 87.8. The number of anilines is 1. The Morgan fingerprint density at radius 1 is 0.538 bits per heavy atom. The molecule has 0 radical (unpaired) electrons. The summed E-state index contributed by atoms with van der Waals surface area (Å²) in [6, 6.07) is 51.7. The lowest BCUT2D eigenvalue weighted by Crippen LogP contribution is -3.00. The van der Waals surface area contributed by atoms with Gasteiger partial charge in [0.1, 0.15) is 6.54 Å². The standard InChI is InChI=1S/C21H18ClN2O4P.C14H19ClNO3P.C13H18ClN2.C12H15ClN2.C9H8ClN.C8H6ClN.C6H15O3P.C2H5N.2CH3I.HI/c1-24-12-16(19-17(22)7-4-8-18(19)24)20(29(26,27)28)21(25)23-15-10-9-13-5-2-3-6-14(13)11-15;1-4-18-20(17,19-5-2)10-11-9-16(3)13-8-6-7-12(15)14(11)13;1-15-8-10(9-16(2,3)4)13-11(14)6-5-7-12(13)15;1-14(2)7-9-8-15(3)11-6-4-5-10(13)12(9)11;1-11-6-5-7-8(10)3-2-4-9(7)11;9-7-2-1-3-8-6(7)4-5-10-8;1-4-7-10(8-5-2)9-6-3;1-3-2;2*1-2;/h2-12,20H,1H3,(H,23,25)(H2,26,27,28);6-9H,4-5,10H2,1-3H3;5-8H,9H2,1-4H3;4-6,8H,7H2,1-3H3;2-6H,1H3;1-5,10H;4-6H2,1-3H3;1H2,2H3;2*1H3;1H/q;;+1;;;;;;;;/p-1. The number of alkyl halides is 2. The minimum absolute atomic E-state index is 0. The van der Waals surface area contributed by atoms with E-state index in [-0.39, 0.29) is 35.7 Å². The summed E-state index contributed by atoms with van der Waals surface area (Å²) < 4.78 is 62.0. The Morgan fingerprint density at radius 3 is 1.40 bits per heavy atom. The molecule has 0 spiro atoms. The minimum atomic E-state index is -4.83. The number of aromatic nitrogens is 6. The van der Waals surface area contributed by atoms with Crippen LogP contribution in [0.4, 0.5) is 5.69 Å². The van der Waals surface area contributed by atoms with E-state index in [1.165, 1.54) is 38.4 Å². The van der Waals surface area contributed by atoms with Crippen molar-refractivity contribution >= 4 is 233 Å². The zero-order valence-corrected chi connectivity index (χ0v) is 84.2. The van der Waals surface area contributed by atoms with E-state index in [1.807, 2.05) is 197 Å². The largest absolute Gasteiger partial charge is 1.00 e. The number of hydrogen-bond donors (Lipinski definition) is 4. The Kier molecular flexibility index (Phi) is 46.9. The van der Waals surface area contributed by atoms with E-state index in [4.69, 9.17) is 92.2 Å². The molecule has 0 saturated heterocycles. The molecule has 1 unspecified atom stereocenters. The van der Waals surface area contributed by atoms with E-state index in [9.17, 15) is 23.7 Å². The fraction of sp³-hybridized carbons (Fsp3) is 0.310. The number of rotatable bonds is 20. The van der Waals surface area contributed by atoms with Gasteiger partial charge in [0.15, 0.2) is 5.66 Å². The third-order valence-electron chi connectivity index (χ3n) is 17.3. The molecule has 0 aliphatic carbocycles. The van der Waals surface area contributed by atoms with Crippen LogP contribution in [0.3, 0.4) is 0 Å². The van der Waals surface area contributed by atoms with Gasteiger partial charge in [-0.25, -0.2) is 0 Å². The second kappa shape index (κ2) is 52.6. The van der Waals surface area contributed by atoms with Crippen molar-refractivity contribution in [3.63, 3.8) is 0 Å². The lowest BCUT2D eigenvalue weighted by Gasteiger charge is -2.23. The molecular formula is C87H110Cl6I3N10O10P3. The molecular weight excluding hydrogens is 2030 g/mol. The van der Waals surface area contributed by atoms with E-state index in [0.717, 1.165) is 81.2 Å².